The first kappa shape index (κ1) is 27.4. The molecule has 1 fully saturated rings. The van der Waals surface area contributed by atoms with Crippen molar-refractivity contribution in [2.24, 2.45) is 12.8 Å². The second kappa shape index (κ2) is 10.4. The number of nitrogens with one attached hydrogen (secondary N) is 1. The molecule has 11 nitrogen and oxygen atoms in total. The van der Waals surface area contributed by atoms with Crippen molar-refractivity contribution in [2.45, 2.75) is 45.1 Å². The Hall–Kier alpha value is -4.20. The first-order chi connectivity index (χ1) is 19.0. The van der Waals surface area contributed by atoms with E-state index in [2.05, 4.69) is 9.97 Å². The summed E-state index contributed by atoms with van der Waals surface area (Å²) in [5.41, 5.74) is 6.33. The molecule has 1 amide bonds. The number of piperidine rings is 1. The number of rotatable bonds is 6. The van der Waals surface area contributed by atoms with Gasteiger partial charge in [0, 0.05) is 38.9 Å². The molecule has 1 atom stereocenters. The third-order valence-electron chi connectivity index (χ3n) is 7.10. The number of carbonyl (C=O) groups is 1. The van der Waals surface area contributed by atoms with E-state index in [1.54, 1.807) is 42.0 Å². The number of halogens is 3. The molecule has 0 spiro atoms. The Kier molecular flexibility index (Phi) is 7.12. The third-order valence-corrected chi connectivity index (χ3v) is 7.10. The Balaban J connectivity index is 1.73. The first-order valence-corrected chi connectivity index (χ1v) is 12.9. The monoisotopic (exact) mass is 558 g/mol. The molecule has 14 heteroatoms. The van der Waals surface area contributed by atoms with Crippen LogP contribution in [0, 0.1) is 0 Å². The minimum atomic E-state index is -4.65. The largest absolute Gasteiger partial charge is 0.405 e. The van der Waals surface area contributed by atoms with Gasteiger partial charge >= 0.3 is 11.9 Å². The molecule has 1 aliphatic rings. The van der Waals surface area contributed by atoms with Crippen molar-refractivity contribution in [3.63, 3.8) is 0 Å². The number of aromatic nitrogens is 5. The van der Waals surface area contributed by atoms with E-state index in [-0.39, 0.29) is 41.5 Å². The van der Waals surface area contributed by atoms with Crippen molar-refractivity contribution in [1.82, 2.24) is 29.0 Å². The number of amides is 1. The predicted molar refractivity (Wildman–Crippen MR) is 144 cm³/mol. The van der Waals surface area contributed by atoms with E-state index >= 15 is 0 Å². The standard InChI is InChI=1S/C26H29F3N8O3/c1-3-36-21-20(19(22(38)32-14-26(27,28)29)23(36)35-11-5-6-15(30)12-35)34(2)25(40)37(24(21)39)13-16-8-9-17-18(33-16)7-4-10-31-17/h4,7-10,15H,3,5-6,11-14,30H2,1-2H3,(H,32,38)/t15-/m1/s1. The molecule has 1 saturated heterocycles. The first-order valence-electron chi connectivity index (χ1n) is 12.9. The van der Waals surface area contributed by atoms with Crippen molar-refractivity contribution in [2.75, 3.05) is 24.5 Å². The maximum Gasteiger partial charge on any atom is 0.405 e. The molecule has 212 valence electrons. The number of carbonyl (C=O) groups excluding carboxylic acids is 1. The molecule has 0 radical (unpaired) electrons. The fourth-order valence-corrected chi connectivity index (χ4v) is 5.33. The molecule has 1 aliphatic heterocycles. The average Bonchev–Trinajstić information content (AvgIpc) is 3.28. The fourth-order valence-electron chi connectivity index (χ4n) is 5.33. The van der Waals surface area contributed by atoms with E-state index < -0.39 is 29.9 Å². The minimum absolute atomic E-state index is 0.0300. The van der Waals surface area contributed by atoms with Gasteiger partial charge in [0.1, 0.15) is 23.4 Å². The topological polar surface area (TPSA) is 133 Å². The van der Waals surface area contributed by atoms with Crippen LogP contribution in [-0.2, 0) is 20.1 Å². The lowest BCUT2D eigenvalue weighted by Crippen LogP contribution is -2.44. The highest BCUT2D eigenvalue weighted by Gasteiger charge is 2.34. The van der Waals surface area contributed by atoms with E-state index in [1.807, 2.05) is 10.2 Å². The molecule has 0 aromatic carbocycles. The minimum Gasteiger partial charge on any atom is -0.356 e. The lowest BCUT2D eigenvalue weighted by Gasteiger charge is -2.33. The maximum atomic E-state index is 13.9. The molecule has 4 aromatic rings. The van der Waals surface area contributed by atoms with E-state index in [1.165, 1.54) is 7.05 Å². The second-order valence-electron chi connectivity index (χ2n) is 9.86. The number of pyridine rings is 2. The summed E-state index contributed by atoms with van der Waals surface area (Å²) in [4.78, 5) is 51.4. The molecule has 40 heavy (non-hydrogen) atoms. The van der Waals surface area contributed by atoms with E-state index in [0.29, 0.717) is 36.2 Å². The van der Waals surface area contributed by atoms with Crippen LogP contribution in [0.2, 0.25) is 0 Å². The van der Waals surface area contributed by atoms with Crippen LogP contribution in [0.15, 0.2) is 40.1 Å². The lowest BCUT2D eigenvalue weighted by atomic mass is 10.1. The number of hydrogen-bond donors (Lipinski definition) is 2. The van der Waals surface area contributed by atoms with Gasteiger partial charge in [-0.2, -0.15) is 13.2 Å². The fraction of sp³-hybridized carbons (Fsp3) is 0.423. The lowest BCUT2D eigenvalue weighted by molar-refractivity contribution is -0.123. The molecule has 4 aromatic heterocycles. The molecule has 5 rings (SSSR count). The van der Waals surface area contributed by atoms with Crippen molar-refractivity contribution >= 4 is 33.8 Å². The van der Waals surface area contributed by atoms with Gasteiger partial charge in [0.25, 0.3) is 11.5 Å². The summed E-state index contributed by atoms with van der Waals surface area (Å²) in [6, 6.07) is 6.67. The van der Waals surface area contributed by atoms with Crippen LogP contribution in [0.3, 0.4) is 0 Å². The normalized spacial score (nSPS) is 16.1. The van der Waals surface area contributed by atoms with Crippen LogP contribution in [0.5, 0.6) is 0 Å². The summed E-state index contributed by atoms with van der Waals surface area (Å²) in [5.74, 6) is -0.758. The van der Waals surface area contributed by atoms with Crippen LogP contribution in [0.25, 0.3) is 22.1 Å². The van der Waals surface area contributed by atoms with Crippen LogP contribution >= 0.6 is 0 Å². The van der Waals surface area contributed by atoms with Gasteiger partial charge in [0.15, 0.2) is 0 Å². The van der Waals surface area contributed by atoms with E-state index in [4.69, 9.17) is 5.73 Å². The summed E-state index contributed by atoms with van der Waals surface area (Å²) in [6.45, 7) is 1.10. The number of nitrogens with zero attached hydrogens (tertiary/aromatic N) is 6. The van der Waals surface area contributed by atoms with E-state index in [9.17, 15) is 27.6 Å². The number of nitrogens with two attached hydrogens (primary N) is 1. The van der Waals surface area contributed by atoms with Gasteiger partial charge < -0.3 is 20.5 Å². The maximum absolute atomic E-state index is 13.9. The number of alkyl halides is 3. The van der Waals surface area contributed by atoms with Gasteiger partial charge in [-0.15, -0.1) is 0 Å². The summed E-state index contributed by atoms with van der Waals surface area (Å²) in [6.07, 6.45) is -1.57. The SMILES string of the molecule is CCn1c(N2CCC[C@@H](N)C2)c(C(=O)NCC(F)(F)F)c2c1c(=O)n(Cc1ccc3ncccc3n1)c(=O)n2C. The zero-order valence-electron chi connectivity index (χ0n) is 22.0. The third kappa shape index (κ3) is 4.94. The predicted octanol–water partition coefficient (Wildman–Crippen LogP) is 1.73. The number of anilines is 1. The Bertz CT molecular complexity index is 1720. The Morgan fingerprint density at radius 2 is 1.93 bits per heavy atom. The van der Waals surface area contributed by atoms with Crippen LogP contribution in [0.4, 0.5) is 19.0 Å². The highest BCUT2D eigenvalue weighted by Crippen LogP contribution is 2.33. The molecule has 5 heterocycles. The van der Waals surface area contributed by atoms with Crippen LogP contribution in [0.1, 0.15) is 35.8 Å². The van der Waals surface area contributed by atoms with Crippen LogP contribution < -0.4 is 27.2 Å². The summed E-state index contributed by atoms with van der Waals surface area (Å²) in [7, 11) is 1.39. The number of hydrogen-bond acceptors (Lipinski definition) is 7. The van der Waals surface area contributed by atoms with Gasteiger partial charge in [-0.25, -0.2) is 9.78 Å². The average molecular weight is 559 g/mol. The van der Waals surface area contributed by atoms with Gasteiger partial charge in [-0.1, -0.05) is 0 Å². The second-order valence-corrected chi connectivity index (χ2v) is 9.86. The summed E-state index contributed by atoms with van der Waals surface area (Å²) in [5, 5.41) is 1.92. The van der Waals surface area contributed by atoms with Crippen molar-refractivity contribution in [1.29, 1.82) is 0 Å². The summed E-state index contributed by atoms with van der Waals surface area (Å²) >= 11 is 0. The smallest absolute Gasteiger partial charge is 0.356 e. The number of aryl methyl sites for hydroxylation is 2. The van der Waals surface area contributed by atoms with Crippen molar-refractivity contribution in [3.8, 4) is 0 Å². The highest BCUT2D eigenvalue weighted by molar-refractivity contribution is 6.11. The molecular weight excluding hydrogens is 529 g/mol. The Labute approximate surface area is 226 Å². The zero-order chi connectivity index (χ0) is 28.8. The molecule has 0 saturated carbocycles. The van der Waals surface area contributed by atoms with Crippen LogP contribution in [-0.4, -0.2) is 61.4 Å². The molecular formula is C26H29F3N8O3. The Morgan fingerprint density at radius 1 is 1.15 bits per heavy atom. The van der Waals surface area contributed by atoms with Gasteiger partial charge in [-0.05, 0) is 44.0 Å². The highest BCUT2D eigenvalue weighted by atomic mass is 19.4. The van der Waals surface area contributed by atoms with Gasteiger partial charge in [0.2, 0.25) is 0 Å². The molecule has 3 N–H and O–H groups in total. The Morgan fingerprint density at radius 3 is 2.62 bits per heavy atom. The summed E-state index contributed by atoms with van der Waals surface area (Å²) < 4.78 is 42.8. The molecule has 0 bridgehead atoms. The zero-order valence-corrected chi connectivity index (χ0v) is 22.0. The van der Waals surface area contributed by atoms with Gasteiger partial charge in [0.05, 0.1) is 28.8 Å². The van der Waals surface area contributed by atoms with Gasteiger partial charge in [-0.3, -0.25) is 23.7 Å². The van der Waals surface area contributed by atoms with E-state index in [0.717, 1.165) is 15.6 Å². The van der Waals surface area contributed by atoms with Crippen molar-refractivity contribution in [3.05, 3.63) is 62.6 Å². The molecule has 0 unspecified atom stereocenters. The quantitative estimate of drug-likeness (QED) is 0.368. The number of fused-ring (bicyclic) bond motifs is 2. The molecule has 0 aliphatic carbocycles. The van der Waals surface area contributed by atoms with Crippen molar-refractivity contribution < 1.29 is 18.0 Å².